The molecule has 0 spiro atoms. The van der Waals surface area contributed by atoms with Crippen LogP contribution in [0.15, 0.2) is 31.0 Å². The molecule has 2 aliphatic rings. The summed E-state index contributed by atoms with van der Waals surface area (Å²) in [5.41, 5.74) is 1.53. The molecule has 3 rings (SSSR count). The van der Waals surface area contributed by atoms with E-state index in [0.29, 0.717) is 31.6 Å². The molecular weight excluding hydrogens is 361 g/mol. The monoisotopic (exact) mass is 387 g/mol. The Morgan fingerprint density at radius 2 is 2.39 bits per heavy atom. The Hall–Kier alpha value is -2.59. The smallest absolute Gasteiger partial charge is 0.345 e. The van der Waals surface area contributed by atoms with Crippen molar-refractivity contribution in [2.24, 2.45) is 0 Å². The van der Waals surface area contributed by atoms with E-state index in [2.05, 4.69) is 17.0 Å². The van der Waals surface area contributed by atoms with E-state index in [1.165, 1.54) is 5.06 Å². The van der Waals surface area contributed by atoms with E-state index < -0.39 is 0 Å². The minimum Gasteiger partial charge on any atom is -0.451 e. The van der Waals surface area contributed by atoms with Crippen LogP contribution in [-0.2, 0) is 16.1 Å². The first-order valence-corrected chi connectivity index (χ1v) is 9.50. The van der Waals surface area contributed by atoms with Crippen LogP contribution in [0, 0.1) is 0 Å². The maximum Gasteiger partial charge on any atom is 0.345 e. The topological polar surface area (TPSA) is 99.9 Å². The summed E-state index contributed by atoms with van der Waals surface area (Å²) in [6, 6.07) is 1.47. The number of urea groups is 1. The van der Waals surface area contributed by atoms with Crippen molar-refractivity contribution in [3.8, 4) is 0 Å². The van der Waals surface area contributed by atoms with Crippen molar-refractivity contribution in [2.75, 3.05) is 26.2 Å². The predicted molar refractivity (Wildman–Crippen MR) is 105 cm³/mol. The van der Waals surface area contributed by atoms with E-state index in [-0.39, 0.29) is 37.9 Å². The van der Waals surface area contributed by atoms with Crippen LogP contribution in [0.25, 0.3) is 5.70 Å². The Labute approximate surface area is 164 Å². The number of rotatable bonds is 10. The zero-order valence-electron chi connectivity index (χ0n) is 16.1. The molecule has 1 aromatic heterocycles. The van der Waals surface area contributed by atoms with Gasteiger partial charge in [0.1, 0.15) is 0 Å². The molecule has 1 saturated heterocycles. The molecule has 1 fully saturated rings. The van der Waals surface area contributed by atoms with Crippen LogP contribution in [0.4, 0.5) is 4.79 Å². The fourth-order valence-electron chi connectivity index (χ4n) is 3.28. The first-order valence-electron chi connectivity index (χ1n) is 9.50. The van der Waals surface area contributed by atoms with Crippen molar-refractivity contribution in [1.82, 2.24) is 25.1 Å². The number of hydrogen-bond donors (Lipinski definition) is 2. The van der Waals surface area contributed by atoms with Crippen LogP contribution in [0.1, 0.15) is 12.1 Å². The van der Waals surface area contributed by atoms with Crippen molar-refractivity contribution in [2.45, 2.75) is 32.0 Å². The number of aromatic nitrogens is 2. The van der Waals surface area contributed by atoms with E-state index in [1.807, 2.05) is 6.08 Å². The number of nitrogens with one attached hydrogen (secondary N) is 1. The number of carbonyl (C=O) groups excluding carboxylic acids is 2. The quantitative estimate of drug-likeness (QED) is 0.348. The summed E-state index contributed by atoms with van der Waals surface area (Å²) in [7, 11) is 0. The molecule has 28 heavy (non-hydrogen) atoms. The molecular formula is C18H26BN5O4. The van der Waals surface area contributed by atoms with E-state index >= 15 is 0 Å². The highest BCUT2D eigenvalue weighted by molar-refractivity contribution is 6.48. The molecule has 2 aliphatic heterocycles. The molecule has 2 N–H and O–H groups in total. The molecule has 3 amide bonds. The zero-order chi connectivity index (χ0) is 20.1. The predicted octanol–water partition coefficient (Wildman–Crippen LogP) is 0.624. The Kier molecular flexibility index (Phi) is 6.53. The SMILES string of the molecule is C=CCON1C(=O)N2CC(n3ccc(CC(=O)NCCCB(C)O)n3)=CC1C2. The van der Waals surface area contributed by atoms with Crippen molar-refractivity contribution < 1.29 is 19.5 Å². The summed E-state index contributed by atoms with van der Waals surface area (Å²) in [5, 5.41) is 17.9. The van der Waals surface area contributed by atoms with Gasteiger partial charge in [0.05, 0.1) is 37.0 Å². The maximum atomic E-state index is 12.3. The summed E-state index contributed by atoms with van der Waals surface area (Å²) >= 11 is 0. The van der Waals surface area contributed by atoms with Gasteiger partial charge in [0.2, 0.25) is 5.91 Å². The lowest BCUT2D eigenvalue weighted by Crippen LogP contribution is -2.33. The van der Waals surface area contributed by atoms with Crippen LogP contribution in [0.5, 0.6) is 0 Å². The molecule has 1 atom stereocenters. The number of carbonyl (C=O) groups is 2. The molecule has 0 radical (unpaired) electrons. The lowest BCUT2D eigenvalue weighted by molar-refractivity contribution is -0.120. The van der Waals surface area contributed by atoms with E-state index in [4.69, 9.17) is 4.84 Å². The van der Waals surface area contributed by atoms with Gasteiger partial charge in [-0.2, -0.15) is 10.2 Å². The van der Waals surface area contributed by atoms with Crippen molar-refractivity contribution >= 4 is 24.6 Å². The Bertz CT molecular complexity index is 763. The van der Waals surface area contributed by atoms with Crippen molar-refractivity contribution in [3.05, 3.63) is 36.7 Å². The van der Waals surface area contributed by atoms with Crippen molar-refractivity contribution in [1.29, 1.82) is 0 Å². The molecule has 0 aromatic carbocycles. The second-order valence-electron chi connectivity index (χ2n) is 7.07. The van der Waals surface area contributed by atoms with Crippen LogP contribution in [0.3, 0.4) is 0 Å². The summed E-state index contributed by atoms with van der Waals surface area (Å²) < 4.78 is 1.71. The second kappa shape index (κ2) is 9.07. The molecule has 1 unspecified atom stereocenters. The van der Waals surface area contributed by atoms with Crippen LogP contribution in [-0.4, -0.2) is 75.9 Å². The third-order valence-corrected chi connectivity index (χ3v) is 4.64. The lowest BCUT2D eigenvalue weighted by atomic mass is 9.67. The lowest BCUT2D eigenvalue weighted by Gasteiger charge is -2.21. The Balaban J connectivity index is 1.56. The summed E-state index contributed by atoms with van der Waals surface area (Å²) in [6.07, 6.45) is 6.96. The third-order valence-electron chi connectivity index (χ3n) is 4.64. The van der Waals surface area contributed by atoms with Crippen molar-refractivity contribution in [3.63, 3.8) is 0 Å². The highest BCUT2D eigenvalue weighted by Gasteiger charge is 2.41. The largest absolute Gasteiger partial charge is 0.451 e. The molecule has 0 saturated carbocycles. The van der Waals surface area contributed by atoms with E-state index in [0.717, 1.165) is 12.1 Å². The van der Waals surface area contributed by atoms with Gasteiger partial charge in [0, 0.05) is 19.3 Å². The van der Waals surface area contributed by atoms with Crippen LogP contribution in [0.2, 0.25) is 13.1 Å². The molecule has 9 nitrogen and oxygen atoms in total. The van der Waals surface area contributed by atoms with Gasteiger partial charge in [-0.15, -0.1) is 6.58 Å². The summed E-state index contributed by atoms with van der Waals surface area (Å²) in [6.45, 7) is 6.82. The van der Waals surface area contributed by atoms with Gasteiger partial charge in [0.25, 0.3) is 6.92 Å². The highest BCUT2D eigenvalue weighted by atomic mass is 16.7. The van der Waals surface area contributed by atoms with Gasteiger partial charge in [0.15, 0.2) is 0 Å². The first-order chi connectivity index (χ1) is 13.5. The first kappa shape index (κ1) is 20.2. The minimum atomic E-state index is -0.354. The highest BCUT2D eigenvalue weighted by Crippen LogP contribution is 2.26. The molecule has 10 heteroatoms. The van der Waals surface area contributed by atoms with Gasteiger partial charge in [-0.25, -0.2) is 9.48 Å². The van der Waals surface area contributed by atoms with Gasteiger partial charge in [-0.05, 0) is 24.9 Å². The average molecular weight is 387 g/mol. The number of amides is 3. The van der Waals surface area contributed by atoms with E-state index in [1.54, 1.807) is 34.7 Å². The Morgan fingerprint density at radius 1 is 1.57 bits per heavy atom. The zero-order valence-corrected chi connectivity index (χ0v) is 16.1. The van der Waals surface area contributed by atoms with Gasteiger partial charge < -0.3 is 15.2 Å². The number of hydroxylamine groups is 2. The molecule has 150 valence electrons. The van der Waals surface area contributed by atoms with E-state index in [9.17, 15) is 14.6 Å². The standard InChI is InChI=1S/C18H26BN5O4/c1-3-9-28-24-16-11-15(12-22(13-16)18(24)26)23-8-5-14(21-23)10-17(25)20-7-4-6-19(2)27/h3,5,8,11,16,27H,1,4,6-7,9-10,12-13H2,2H3,(H,20,25). The van der Waals surface area contributed by atoms with Crippen LogP contribution < -0.4 is 5.32 Å². The fraction of sp³-hybridized carbons (Fsp3) is 0.500. The fourth-order valence-corrected chi connectivity index (χ4v) is 3.28. The number of hydrogen-bond acceptors (Lipinski definition) is 5. The number of fused-ring (bicyclic) bond motifs is 2. The molecule has 2 bridgehead atoms. The second-order valence-corrected chi connectivity index (χ2v) is 7.07. The van der Waals surface area contributed by atoms with Crippen LogP contribution >= 0.6 is 0 Å². The maximum absolute atomic E-state index is 12.3. The van der Waals surface area contributed by atoms with Gasteiger partial charge >= 0.3 is 6.03 Å². The normalized spacial score (nSPS) is 18.3. The summed E-state index contributed by atoms with van der Waals surface area (Å²) in [4.78, 5) is 31.5. The minimum absolute atomic E-state index is 0.100. The number of nitrogens with zero attached hydrogens (tertiary/aromatic N) is 4. The van der Waals surface area contributed by atoms with Gasteiger partial charge in [-0.3, -0.25) is 9.63 Å². The summed E-state index contributed by atoms with van der Waals surface area (Å²) in [5.74, 6) is -0.100. The molecule has 0 aliphatic carbocycles. The molecule has 1 aromatic rings. The van der Waals surface area contributed by atoms with Gasteiger partial charge in [-0.1, -0.05) is 12.9 Å². The third kappa shape index (κ3) is 4.82. The average Bonchev–Trinajstić information content (AvgIpc) is 3.20. The molecule has 3 heterocycles. The Morgan fingerprint density at radius 3 is 3.14 bits per heavy atom.